The normalized spacial score (nSPS) is 25.2. The van der Waals surface area contributed by atoms with Gasteiger partial charge in [0.2, 0.25) is 0 Å². The standard InChI is InChI=1S/C25H27N3O4/c1-3-11-27-12-10-24(17-6-4-7-18(13-17)32-2)15-21-20(14-25(24,29)16-27)19-8-5-9-22(28(30)31)23(19)26-21/h3-9,13,26,29H,1,10-12,14-16H2,2H3. The third-order valence-electron chi connectivity index (χ3n) is 7.39. The molecule has 166 valence electrons. The van der Waals surface area contributed by atoms with E-state index in [1.807, 2.05) is 30.3 Å². The van der Waals surface area contributed by atoms with Crippen molar-refractivity contribution < 1.29 is 14.8 Å². The lowest BCUT2D eigenvalue weighted by Gasteiger charge is -2.56. The highest BCUT2D eigenvalue weighted by molar-refractivity contribution is 5.92. The molecule has 0 radical (unpaired) electrons. The number of hydrogen-bond acceptors (Lipinski definition) is 5. The summed E-state index contributed by atoms with van der Waals surface area (Å²) < 4.78 is 5.49. The summed E-state index contributed by atoms with van der Waals surface area (Å²) in [4.78, 5) is 16.9. The maximum Gasteiger partial charge on any atom is 0.293 e. The van der Waals surface area contributed by atoms with E-state index in [0.717, 1.165) is 40.9 Å². The van der Waals surface area contributed by atoms with Gasteiger partial charge in [-0.05, 0) is 36.2 Å². The number of nitro groups is 1. The number of aromatic amines is 1. The Labute approximate surface area is 186 Å². The summed E-state index contributed by atoms with van der Waals surface area (Å²) in [6.07, 6.45) is 3.64. The molecule has 1 fully saturated rings. The Bertz CT molecular complexity index is 1220. The van der Waals surface area contributed by atoms with E-state index in [9.17, 15) is 15.2 Å². The fourth-order valence-electron chi connectivity index (χ4n) is 5.85. The largest absolute Gasteiger partial charge is 0.497 e. The fourth-order valence-corrected chi connectivity index (χ4v) is 5.85. The van der Waals surface area contributed by atoms with E-state index >= 15 is 0 Å². The van der Waals surface area contributed by atoms with Crippen molar-refractivity contribution in [3.05, 3.63) is 82.1 Å². The highest BCUT2D eigenvalue weighted by Gasteiger charge is 2.57. The van der Waals surface area contributed by atoms with E-state index in [4.69, 9.17) is 4.74 Å². The molecule has 7 nitrogen and oxygen atoms in total. The van der Waals surface area contributed by atoms with Crippen molar-refractivity contribution in [3.63, 3.8) is 0 Å². The van der Waals surface area contributed by atoms with Gasteiger partial charge in [0.1, 0.15) is 11.3 Å². The summed E-state index contributed by atoms with van der Waals surface area (Å²) in [5, 5.41) is 24.7. The maximum absolute atomic E-state index is 12.3. The lowest BCUT2D eigenvalue weighted by molar-refractivity contribution is -0.383. The number of hydrogen-bond donors (Lipinski definition) is 2. The van der Waals surface area contributed by atoms with E-state index in [-0.39, 0.29) is 10.6 Å². The van der Waals surface area contributed by atoms with Crippen LogP contribution in [0.4, 0.5) is 5.69 Å². The summed E-state index contributed by atoms with van der Waals surface area (Å²) in [6, 6.07) is 13.1. The minimum absolute atomic E-state index is 0.0653. The smallest absolute Gasteiger partial charge is 0.293 e. The summed E-state index contributed by atoms with van der Waals surface area (Å²) in [5.41, 5.74) is 2.03. The first-order chi connectivity index (χ1) is 15.4. The molecule has 0 spiro atoms. The molecule has 0 amide bonds. The number of aromatic nitrogens is 1. The van der Waals surface area contributed by atoms with E-state index in [1.165, 1.54) is 6.07 Å². The first-order valence-electron chi connectivity index (χ1n) is 10.9. The van der Waals surface area contributed by atoms with Gasteiger partial charge in [-0.3, -0.25) is 15.0 Å². The molecule has 2 N–H and O–H groups in total. The second-order valence-electron chi connectivity index (χ2n) is 9.01. The predicted molar refractivity (Wildman–Crippen MR) is 123 cm³/mol. The van der Waals surface area contributed by atoms with Crippen LogP contribution in [0.15, 0.2) is 55.1 Å². The van der Waals surface area contributed by atoms with Gasteiger partial charge >= 0.3 is 0 Å². The van der Waals surface area contributed by atoms with Gasteiger partial charge in [-0.2, -0.15) is 0 Å². The lowest BCUT2D eigenvalue weighted by atomic mass is 9.56. The van der Waals surface area contributed by atoms with Gasteiger partial charge in [0.05, 0.1) is 17.6 Å². The summed E-state index contributed by atoms with van der Waals surface area (Å²) >= 11 is 0. The lowest BCUT2D eigenvalue weighted by Crippen LogP contribution is -2.66. The Morgan fingerprint density at radius 2 is 2.12 bits per heavy atom. The first kappa shape index (κ1) is 20.7. The highest BCUT2D eigenvalue weighted by Crippen LogP contribution is 2.52. The molecule has 1 saturated heterocycles. The monoisotopic (exact) mass is 433 g/mol. The number of piperidine rings is 1. The third-order valence-corrected chi connectivity index (χ3v) is 7.39. The average molecular weight is 434 g/mol. The number of aliphatic hydroxyl groups is 1. The van der Waals surface area contributed by atoms with Crippen molar-refractivity contribution in [1.29, 1.82) is 0 Å². The van der Waals surface area contributed by atoms with Crippen molar-refractivity contribution in [2.24, 2.45) is 0 Å². The minimum Gasteiger partial charge on any atom is -0.497 e. The molecule has 2 heterocycles. The number of methoxy groups -OCH3 is 1. The number of H-pyrrole nitrogens is 1. The third kappa shape index (κ3) is 2.96. The molecule has 0 saturated carbocycles. The Morgan fingerprint density at radius 3 is 2.88 bits per heavy atom. The van der Waals surface area contributed by atoms with Crippen LogP contribution in [0.2, 0.25) is 0 Å². The van der Waals surface area contributed by atoms with E-state index in [1.54, 1.807) is 13.2 Å². The van der Waals surface area contributed by atoms with Crippen LogP contribution in [0, 0.1) is 10.1 Å². The van der Waals surface area contributed by atoms with Gasteiger partial charge in [-0.25, -0.2) is 0 Å². The van der Waals surface area contributed by atoms with Crippen molar-refractivity contribution in [3.8, 4) is 5.75 Å². The van der Waals surface area contributed by atoms with Gasteiger partial charge in [-0.1, -0.05) is 30.3 Å². The Hall–Kier alpha value is -3.16. The summed E-state index contributed by atoms with van der Waals surface area (Å²) in [6.45, 7) is 5.92. The minimum atomic E-state index is -1.03. The van der Waals surface area contributed by atoms with Crippen molar-refractivity contribution in [1.82, 2.24) is 9.88 Å². The Balaban J connectivity index is 1.70. The molecular weight excluding hydrogens is 406 g/mol. The molecule has 0 bridgehead atoms. The SMILES string of the molecule is C=CCN1CCC2(c3cccc(OC)c3)Cc3[nH]c4c([N+](=O)[O-])cccc4c3CC2(O)C1. The highest BCUT2D eigenvalue weighted by atomic mass is 16.6. The predicted octanol–water partition coefficient (Wildman–Crippen LogP) is 3.74. The zero-order valence-electron chi connectivity index (χ0n) is 18.1. The molecule has 5 rings (SSSR count). The van der Waals surface area contributed by atoms with Crippen molar-refractivity contribution in [2.75, 3.05) is 26.7 Å². The number of rotatable bonds is 5. The van der Waals surface area contributed by atoms with Crippen molar-refractivity contribution >= 4 is 16.6 Å². The van der Waals surface area contributed by atoms with Crippen LogP contribution in [0.3, 0.4) is 0 Å². The van der Waals surface area contributed by atoms with Gasteiger partial charge in [0.15, 0.2) is 0 Å². The number of nitrogens with zero attached hydrogens (tertiary/aromatic N) is 2. The zero-order chi connectivity index (χ0) is 22.5. The number of likely N-dealkylation sites (tertiary alicyclic amines) is 1. The molecule has 1 aliphatic heterocycles. The van der Waals surface area contributed by atoms with Crippen LogP contribution in [0.25, 0.3) is 10.9 Å². The zero-order valence-corrected chi connectivity index (χ0v) is 18.1. The van der Waals surface area contributed by atoms with Crippen LogP contribution < -0.4 is 4.74 Å². The maximum atomic E-state index is 12.3. The van der Waals surface area contributed by atoms with Crippen LogP contribution in [-0.2, 0) is 18.3 Å². The number of benzene rings is 2. The van der Waals surface area contributed by atoms with Crippen LogP contribution in [0.1, 0.15) is 23.2 Å². The van der Waals surface area contributed by atoms with Gasteiger partial charge in [0, 0.05) is 48.5 Å². The van der Waals surface area contributed by atoms with Crippen molar-refractivity contribution in [2.45, 2.75) is 30.3 Å². The molecule has 1 aliphatic carbocycles. The van der Waals surface area contributed by atoms with E-state index < -0.39 is 11.0 Å². The number of β-amino-alcohol motifs (C(OH)–C–C–N with tert-alkyl or cyclic N) is 1. The molecule has 2 atom stereocenters. The second kappa shape index (κ2) is 7.46. The van der Waals surface area contributed by atoms with Crippen LogP contribution >= 0.6 is 0 Å². The number of non-ortho nitro benzene ring substituents is 1. The number of ether oxygens (including phenoxy) is 1. The molecule has 7 heteroatoms. The number of fused-ring (bicyclic) bond motifs is 4. The van der Waals surface area contributed by atoms with Crippen LogP contribution in [0.5, 0.6) is 5.75 Å². The first-order valence-corrected chi connectivity index (χ1v) is 10.9. The van der Waals surface area contributed by atoms with E-state index in [0.29, 0.717) is 31.4 Å². The Morgan fingerprint density at radius 1 is 1.31 bits per heavy atom. The van der Waals surface area contributed by atoms with Crippen LogP contribution in [-0.4, -0.2) is 52.3 Å². The average Bonchev–Trinajstić information content (AvgIpc) is 3.13. The number of para-hydroxylation sites is 1. The molecule has 1 aromatic heterocycles. The molecule has 32 heavy (non-hydrogen) atoms. The Kier molecular flexibility index (Phi) is 4.83. The van der Waals surface area contributed by atoms with Gasteiger partial charge in [0.25, 0.3) is 5.69 Å². The topological polar surface area (TPSA) is 91.6 Å². The van der Waals surface area contributed by atoms with Gasteiger partial charge < -0.3 is 14.8 Å². The quantitative estimate of drug-likeness (QED) is 0.363. The summed E-state index contributed by atoms with van der Waals surface area (Å²) in [5.74, 6) is 0.755. The number of nitro benzene ring substituents is 1. The second-order valence-corrected chi connectivity index (χ2v) is 9.01. The molecule has 2 aromatic carbocycles. The molecule has 2 aliphatic rings. The fraction of sp³-hybridized carbons (Fsp3) is 0.360. The van der Waals surface area contributed by atoms with E-state index in [2.05, 4.69) is 22.5 Å². The molecule has 2 unspecified atom stereocenters. The molecule has 3 aromatic rings. The van der Waals surface area contributed by atoms with Gasteiger partial charge in [-0.15, -0.1) is 6.58 Å². The number of nitrogens with one attached hydrogen (secondary N) is 1. The summed E-state index contributed by atoms with van der Waals surface area (Å²) in [7, 11) is 1.64. The molecular formula is C25H27N3O4.